The van der Waals surface area contributed by atoms with Crippen LogP contribution in [0.25, 0.3) is 0 Å². The number of nitrogens with one attached hydrogen (secondary N) is 1. The van der Waals surface area contributed by atoms with Crippen LogP contribution in [0.3, 0.4) is 0 Å². The highest BCUT2D eigenvalue weighted by molar-refractivity contribution is 5.97. The fraction of sp³-hybridized carbons (Fsp3) is 0.188. The summed E-state index contributed by atoms with van der Waals surface area (Å²) in [5.41, 5.74) is 0.424. The predicted octanol–water partition coefficient (Wildman–Crippen LogP) is 3.13. The Morgan fingerprint density at radius 2 is 1.92 bits per heavy atom. The number of carbonyl (C=O) groups is 1. The summed E-state index contributed by atoms with van der Waals surface area (Å²) in [6.45, 7) is -2.81. The largest absolute Gasteiger partial charge is 0.496 e. The molecule has 0 saturated carbocycles. The lowest BCUT2D eigenvalue weighted by Crippen LogP contribution is -2.23. The number of carbonyl (C=O) groups excluding carboxylic acids is 1. The van der Waals surface area contributed by atoms with Crippen molar-refractivity contribution in [2.75, 3.05) is 7.11 Å². The second kappa shape index (κ2) is 8.04. The summed E-state index contributed by atoms with van der Waals surface area (Å²) >= 11 is 0. The number of rotatable bonds is 7. The topological polar surface area (TPSA) is 90.7 Å². The van der Waals surface area contributed by atoms with Crippen molar-refractivity contribution >= 4 is 11.6 Å². The number of ether oxygens (including phenoxy) is 2. The predicted molar refractivity (Wildman–Crippen MR) is 83.9 cm³/mol. The van der Waals surface area contributed by atoms with Crippen LogP contribution in [-0.4, -0.2) is 24.6 Å². The van der Waals surface area contributed by atoms with Gasteiger partial charge in [-0.25, -0.2) is 0 Å². The van der Waals surface area contributed by atoms with Gasteiger partial charge >= 0.3 is 6.61 Å². The third-order valence-corrected chi connectivity index (χ3v) is 3.24. The molecular weight excluding hydrogens is 338 g/mol. The molecule has 25 heavy (non-hydrogen) atoms. The zero-order chi connectivity index (χ0) is 18.4. The zero-order valence-corrected chi connectivity index (χ0v) is 13.1. The maximum atomic E-state index is 12.2. The van der Waals surface area contributed by atoms with Crippen molar-refractivity contribution in [3.63, 3.8) is 0 Å². The molecule has 0 bridgehead atoms. The van der Waals surface area contributed by atoms with Crippen LogP contribution in [-0.2, 0) is 6.54 Å². The molecule has 0 fully saturated rings. The van der Waals surface area contributed by atoms with Crippen LogP contribution >= 0.6 is 0 Å². The summed E-state index contributed by atoms with van der Waals surface area (Å²) in [5, 5.41) is 13.4. The van der Waals surface area contributed by atoms with Gasteiger partial charge in [0, 0.05) is 18.7 Å². The molecular formula is C16H14F2N2O5. The lowest BCUT2D eigenvalue weighted by Gasteiger charge is -2.10. The molecule has 0 aliphatic rings. The molecule has 2 aromatic rings. The molecule has 2 rings (SSSR count). The summed E-state index contributed by atoms with van der Waals surface area (Å²) in [5.74, 6) is -0.359. The Balaban J connectivity index is 2.07. The zero-order valence-electron chi connectivity index (χ0n) is 13.1. The van der Waals surface area contributed by atoms with E-state index in [1.165, 1.54) is 43.5 Å². The SMILES string of the molecule is COc1ccc([N+](=O)[O-])cc1C(=O)NCc1ccc(OC(F)F)cc1. The van der Waals surface area contributed by atoms with Crippen LogP contribution in [0, 0.1) is 10.1 Å². The molecule has 0 aliphatic carbocycles. The monoisotopic (exact) mass is 352 g/mol. The van der Waals surface area contributed by atoms with Gasteiger partial charge in [-0.2, -0.15) is 8.78 Å². The highest BCUT2D eigenvalue weighted by atomic mass is 19.3. The number of hydrogen-bond acceptors (Lipinski definition) is 5. The third kappa shape index (κ3) is 4.87. The molecule has 9 heteroatoms. The van der Waals surface area contributed by atoms with Crippen LogP contribution in [0.15, 0.2) is 42.5 Å². The van der Waals surface area contributed by atoms with Gasteiger partial charge in [-0.3, -0.25) is 14.9 Å². The lowest BCUT2D eigenvalue weighted by molar-refractivity contribution is -0.384. The van der Waals surface area contributed by atoms with Crippen molar-refractivity contribution in [3.05, 3.63) is 63.7 Å². The van der Waals surface area contributed by atoms with Crippen LogP contribution in [0.1, 0.15) is 15.9 Å². The number of non-ortho nitro benzene ring substituents is 1. The molecule has 0 spiro atoms. The summed E-state index contributed by atoms with van der Waals surface area (Å²) in [6, 6.07) is 9.42. The Morgan fingerprint density at radius 1 is 1.24 bits per heavy atom. The van der Waals surface area contributed by atoms with Gasteiger partial charge in [0.2, 0.25) is 0 Å². The number of nitro benzene ring substituents is 1. The molecule has 2 aromatic carbocycles. The van der Waals surface area contributed by atoms with E-state index in [1.54, 1.807) is 0 Å². The fourth-order valence-electron chi connectivity index (χ4n) is 2.05. The molecule has 0 aromatic heterocycles. The first-order chi connectivity index (χ1) is 11.9. The van der Waals surface area contributed by atoms with Gasteiger partial charge in [0.25, 0.3) is 11.6 Å². The highest BCUT2D eigenvalue weighted by Gasteiger charge is 2.17. The van der Waals surface area contributed by atoms with Gasteiger partial charge < -0.3 is 14.8 Å². The van der Waals surface area contributed by atoms with E-state index in [2.05, 4.69) is 10.1 Å². The van der Waals surface area contributed by atoms with Crippen LogP contribution in [0.4, 0.5) is 14.5 Å². The molecule has 132 valence electrons. The van der Waals surface area contributed by atoms with Gasteiger partial charge in [-0.05, 0) is 23.8 Å². The summed E-state index contributed by atoms with van der Waals surface area (Å²) in [7, 11) is 1.35. The molecule has 0 atom stereocenters. The normalized spacial score (nSPS) is 10.4. The van der Waals surface area contributed by atoms with Gasteiger partial charge in [0.1, 0.15) is 11.5 Å². The number of methoxy groups -OCH3 is 1. The first kappa shape index (κ1) is 18.1. The number of nitrogens with zero attached hydrogens (tertiary/aromatic N) is 1. The first-order valence-electron chi connectivity index (χ1n) is 7.05. The van der Waals surface area contributed by atoms with Crippen molar-refractivity contribution in [1.82, 2.24) is 5.32 Å². The molecule has 0 unspecified atom stereocenters. The average Bonchev–Trinajstić information content (AvgIpc) is 2.59. The second-order valence-corrected chi connectivity index (χ2v) is 4.85. The Hall–Kier alpha value is -3.23. The standard InChI is InChI=1S/C16H14F2N2O5/c1-24-14-7-4-11(20(22)23)8-13(14)15(21)19-9-10-2-5-12(6-3-10)25-16(17)18/h2-8,16H,9H2,1H3,(H,19,21). The number of halogens is 2. The Kier molecular flexibility index (Phi) is 5.83. The van der Waals surface area contributed by atoms with Gasteiger partial charge in [0.05, 0.1) is 17.6 Å². The van der Waals surface area contributed by atoms with Crippen LogP contribution < -0.4 is 14.8 Å². The lowest BCUT2D eigenvalue weighted by atomic mass is 10.1. The maximum absolute atomic E-state index is 12.2. The van der Waals surface area contributed by atoms with E-state index in [4.69, 9.17) is 4.74 Å². The minimum Gasteiger partial charge on any atom is -0.496 e. The average molecular weight is 352 g/mol. The molecule has 1 N–H and O–H groups in total. The van der Waals surface area contributed by atoms with Gasteiger partial charge in [0.15, 0.2) is 0 Å². The second-order valence-electron chi connectivity index (χ2n) is 4.85. The quantitative estimate of drug-likeness (QED) is 0.611. The van der Waals surface area contributed by atoms with Gasteiger partial charge in [-0.1, -0.05) is 12.1 Å². The molecule has 0 saturated heterocycles. The van der Waals surface area contributed by atoms with E-state index in [0.717, 1.165) is 6.07 Å². The number of benzene rings is 2. The number of hydrogen-bond donors (Lipinski definition) is 1. The van der Waals surface area contributed by atoms with Crippen molar-refractivity contribution < 1.29 is 28.0 Å². The summed E-state index contributed by atoms with van der Waals surface area (Å²) < 4.78 is 33.4. The van der Waals surface area contributed by atoms with E-state index in [9.17, 15) is 23.7 Å². The first-order valence-corrected chi connectivity index (χ1v) is 7.05. The summed E-state index contributed by atoms with van der Waals surface area (Å²) in [4.78, 5) is 22.5. The fourth-order valence-corrected chi connectivity index (χ4v) is 2.05. The Morgan fingerprint density at radius 3 is 2.48 bits per heavy atom. The van der Waals surface area contributed by atoms with Crippen LogP contribution in [0.2, 0.25) is 0 Å². The number of alkyl halides is 2. The maximum Gasteiger partial charge on any atom is 0.387 e. The smallest absolute Gasteiger partial charge is 0.387 e. The Bertz CT molecular complexity index is 766. The number of nitro groups is 1. The Labute approximate surface area is 141 Å². The molecule has 0 aliphatic heterocycles. The minimum atomic E-state index is -2.91. The van der Waals surface area contributed by atoms with Crippen LogP contribution in [0.5, 0.6) is 11.5 Å². The molecule has 0 heterocycles. The highest BCUT2D eigenvalue weighted by Crippen LogP contribution is 2.24. The molecule has 0 radical (unpaired) electrons. The number of amides is 1. The third-order valence-electron chi connectivity index (χ3n) is 3.24. The van der Waals surface area contributed by atoms with Crippen molar-refractivity contribution in [3.8, 4) is 11.5 Å². The van der Waals surface area contributed by atoms with Crippen molar-refractivity contribution in [2.45, 2.75) is 13.2 Å². The molecule has 1 amide bonds. The minimum absolute atomic E-state index is 0.00503. The summed E-state index contributed by atoms with van der Waals surface area (Å²) in [6.07, 6.45) is 0. The van der Waals surface area contributed by atoms with E-state index < -0.39 is 17.4 Å². The molecule has 7 nitrogen and oxygen atoms in total. The van der Waals surface area contributed by atoms with E-state index in [0.29, 0.717) is 5.56 Å². The van der Waals surface area contributed by atoms with E-state index >= 15 is 0 Å². The van der Waals surface area contributed by atoms with Crippen molar-refractivity contribution in [2.24, 2.45) is 0 Å². The van der Waals surface area contributed by atoms with E-state index in [1.807, 2.05) is 0 Å². The van der Waals surface area contributed by atoms with E-state index in [-0.39, 0.29) is 29.3 Å². The van der Waals surface area contributed by atoms with Crippen molar-refractivity contribution in [1.29, 1.82) is 0 Å². The van der Waals surface area contributed by atoms with Gasteiger partial charge in [-0.15, -0.1) is 0 Å².